The third kappa shape index (κ3) is 2.45. The summed E-state index contributed by atoms with van der Waals surface area (Å²) in [6.07, 6.45) is 5.96. The smallest absolute Gasteiger partial charge is 0.0874 e. The zero-order chi connectivity index (χ0) is 13.2. The van der Waals surface area contributed by atoms with Gasteiger partial charge in [0, 0.05) is 12.6 Å². The molecule has 100 valence electrons. The Morgan fingerprint density at radius 1 is 1.11 bits per heavy atom. The quantitative estimate of drug-likeness (QED) is 0.884. The Labute approximate surface area is 111 Å². The highest BCUT2D eigenvalue weighted by Gasteiger charge is 2.34. The van der Waals surface area contributed by atoms with Crippen LogP contribution in [0.1, 0.15) is 57.1 Å². The zero-order valence-corrected chi connectivity index (χ0v) is 11.8. The lowest BCUT2D eigenvalue weighted by atomic mass is 9.73. The molecule has 0 heterocycles. The fourth-order valence-corrected chi connectivity index (χ4v) is 3.00. The van der Waals surface area contributed by atoms with Gasteiger partial charge >= 0.3 is 0 Å². The summed E-state index contributed by atoms with van der Waals surface area (Å²) in [5, 5.41) is 0. The molecule has 0 aromatic heterocycles. The second-order valence-electron chi connectivity index (χ2n) is 5.98. The van der Waals surface area contributed by atoms with Crippen molar-refractivity contribution in [3.8, 4) is 0 Å². The SMILES string of the molecule is COC(C)(C)c1ccccc1C1(N)CCCCC1. The van der Waals surface area contributed by atoms with Crippen LogP contribution in [0.25, 0.3) is 0 Å². The van der Waals surface area contributed by atoms with Crippen molar-refractivity contribution >= 4 is 0 Å². The van der Waals surface area contributed by atoms with Crippen LogP contribution >= 0.6 is 0 Å². The summed E-state index contributed by atoms with van der Waals surface area (Å²) < 4.78 is 5.64. The molecule has 0 amide bonds. The molecule has 2 nitrogen and oxygen atoms in total. The van der Waals surface area contributed by atoms with Crippen molar-refractivity contribution in [1.29, 1.82) is 0 Å². The van der Waals surface area contributed by atoms with Gasteiger partial charge in [0.05, 0.1) is 5.60 Å². The fourth-order valence-electron chi connectivity index (χ4n) is 3.00. The summed E-state index contributed by atoms with van der Waals surface area (Å²) in [5.74, 6) is 0. The Morgan fingerprint density at radius 3 is 2.33 bits per heavy atom. The van der Waals surface area contributed by atoms with Crippen LogP contribution in [0.15, 0.2) is 24.3 Å². The van der Waals surface area contributed by atoms with Crippen LogP contribution < -0.4 is 5.73 Å². The first-order chi connectivity index (χ1) is 8.49. The molecule has 1 aliphatic carbocycles. The zero-order valence-electron chi connectivity index (χ0n) is 11.8. The van der Waals surface area contributed by atoms with E-state index in [1.165, 1.54) is 30.4 Å². The standard InChI is InChI=1S/C16H25NO/c1-15(2,18-3)13-9-5-6-10-14(13)16(17)11-7-4-8-12-16/h5-6,9-10H,4,7-8,11-12,17H2,1-3H3. The van der Waals surface area contributed by atoms with Crippen molar-refractivity contribution in [1.82, 2.24) is 0 Å². The first-order valence-electron chi connectivity index (χ1n) is 6.94. The highest BCUT2D eigenvalue weighted by Crippen LogP contribution is 2.39. The van der Waals surface area contributed by atoms with Crippen molar-refractivity contribution in [2.75, 3.05) is 7.11 Å². The van der Waals surface area contributed by atoms with Crippen LogP contribution in [0.2, 0.25) is 0 Å². The first kappa shape index (κ1) is 13.6. The van der Waals surface area contributed by atoms with Gasteiger partial charge in [-0.2, -0.15) is 0 Å². The van der Waals surface area contributed by atoms with Gasteiger partial charge in [-0.15, -0.1) is 0 Å². The Kier molecular flexibility index (Phi) is 3.79. The first-order valence-corrected chi connectivity index (χ1v) is 6.94. The molecule has 1 aromatic rings. The predicted octanol–water partition coefficient (Wildman–Crippen LogP) is 3.69. The molecular weight excluding hydrogens is 222 g/mol. The van der Waals surface area contributed by atoms with E-state index in [0.29, 0.717) is 0 Å². The molecule has 1 fully saturated rings. The number of methoxy groups -OCH3 is 1. The molecule has 0 unspecified atom stereocenters. The monoisotopic (exact) mass is 247 g/mol. The van der Waals surface area contributed by atoms with Gasteiger partial charge in [-0.05, 0) is 37.8 Å². The largest absolute Gasteiger partial charge is 0.374 e. The van der Waals surface area contributed by atoms with E-state index in [-0.39, 0.29) is 11.1 Å². The number of nitrogens with two attached hydrogens (primary N) is 1. The van der Waals surface area contributed by atoms with Gasteiger partial charge < -0.3 is 10.5 Å². The van der Waals surface area contributed by atoms with Gasteiger partial charge in [0.15, 0.2) is 0 Å². The summed E-state index contributed by atoms with van der Waals surface area (Å²) in [6.45, 7) is 4.22. The maximum absolute atomic E-state index is 6.68. The van der Waals surface area contributed by atoms with Gasteiger partial charge in [-0.25, -0.2) is 0 Å². The van der Waals surface area contributed by atoms with Crippen LogP contribution in [-0.4, -0.2) is 7.11 Å². The Hall–Kier alpha value is -0.860. The predicted molar refractivity (Wildman–Crippen MR) is 75.4 cm³/mol. The summed E-state index contributed by atoms with van der Waals surface area (Å²) in [5.41, 5.74) is 8.75. The average Bonchev–Trinajstić information content (AvgIpc) is 2.40. The lowest BCUT2D eigenvalue weighted by Gasteiger charge is -2.38. The van der Waals surface area contributed by atoms with Crippen LogP contribution in [-0.2, 0) is 15.9 Å². The van der Waals surface area contributed by atoms with Crippen LogP contribution in [0.4, 0.5) is 0 Å². The molecule has 2 N–H and O–H groups in total. The topological polar surface area (TPSA) is 35.2 Å². The van der Waals surface area contributed by atoms with E-state index in [2.05, 4.69) is 38.1 Å². The fraction of sp³-hybridized carbons (Fsp3) is 0.625. The minimum atomic E-state index is -0.277. The van der Waals surface area contributed by atoms with Crippen molar-refractivity contribution in [3.05, 3.63) is 35.4 Å². The van der Waals surface area contributed by atoms with Gasteiger partial charge in [0.1, 0.15) is 0 Å². The second kappa shape index (κ2) is 5.02. The number of benzene rings is 1. The van der Waals surface area contributed by atoms with Crippen molar-refractivity contribution < 1.29 is 4.74 Å². The van der Waals surface area contributed by atoms with E-state index in [4.69, 9.17) is 10.5 Å². The molecule has 1 aromatic carbocycles. The number of ether oxygens (including phenoxy) is 1. The second-order valence-corrected chi connectivity index (χ2v) is 5.98. The molecule has 2 heteroatoms. The minimum Gasteiger partial charge on any atom is -0.374 e. The van der Waals surface area contributed by atoms with Crippen LogP contribution in [0.3, 0.4) is 0 Å². The molecular formula is C16H25NO. The van der Waals surface area contributed by atoms with Gasteiger partial charge in [0.25, 0.3) is 0 Å². The number of hydrogen-bond acceptors (Lipinski definition) is 2. The normalized spacial score (nSPS) is 19.8. The van der Waals surface area contributed by atoms with E-state index in [1.807, 2.05) is 0 Å². The lowest BCUT2D eigenvalue weighted by Crippen LogP contribution is -2.41. The molecule has 0 saturated heterocycles. The molecule has 0 aliphatic heterocycles. The average molecular weight is 247 g/mol. The molecule has 0 atom stereocenters. The highest BCUT2D eigenvalue weighted by atomic mass is 16.5. The maximum atomic E-state index is 6.68. The van der Waals surface area contributed by atoms with E-state index in [0.717, 1.165) is 12.8 Å². The van der Waals surface area contributed by atoms with E-state index in [1.54, 1.807) is 7.11 Å². The van der Waals surface area contributed by atoms with E-state index >= 15 is 0 Å². The summed E-state index contributed by atoms with van der Waals surface area (Å²) in [7, 11) is 1.76. The molecule has 0 spiro atoms. The van der Waals surface area contributed by atoms with Crippen LogP contribution in [0.5, 0.6) is 0 Å². The summed E-state index contributed by atoms with van der Waals surface area (Å²) >= 11 is 0. The molecule has 0 radical (unpaired) electrons. The van der Waals surface area contributed by atoms with Gasteiger partial charge in [0.2, 0.25) is 0 Å². The van der Waals surface area contributed by atoms with Crippen molar-refractivity contribution in [2.45, 2.75) is 57.1 Å². The van der Waals surface area contributed by atoms with Gasteiger partial charge in [-0.3, -0.25) is 0 Å². The van der Waals surface area contributed by atoms with E-state index < -0.39 is 0 Å². The Morgan fingerprint density at radius 2 is 1.72 bits per heavy atom. The third-order valence-corrected chi connectivity index (χ3v) is 4.37. The molecule has 2 rings (SSSR count). The third-order valence-electron chi connectivity index (χ3n) is 4.37. The summed E-state index contributed by atoms with van der Waals surface area (Å²) in [4.78, 5) is 0. The summed E-state index contributed by atoms with van der Waals surface area (Å²) in [6, 6.07) is 8.50. The molecule has 1 saturated carbocycles. The lowest BCUT2D eigenvalue weighted by molar-refractivity contribution is 0.0171. The van der Waals surface area contributed by atoms with Crippen molar-refractivity contribution in [3.63, 3.8) is 0 Å². The van der Waals surface area contributed by atoms with Gasteiger partial charge in [-0.1, -0.05) is 43.5 Å². The molecule has 1 aliphatic rings. The number of rotatable bonds is 3. The molecule has 0 bridgehead atoms. The Balaban J connectivity index is 2.44. The van der Waals surface area contributed by atoms with E-state index in [9.17, 15) is 0 Å². The Bertz CT molecular complexity index is 405. The highest BCUT2D eigenvalue weighted by molar-refractivity contribution is 5.37. The van der Waals surface area contributed by atoms with Crippen molar-refractivity contribution in [2.24, 2.45) is 5.73 Å². The maximum Gasteiger partial charge on any atom is 0.0874 e. The number of hydrogen-bond donors (Lipinski definition) is 1. The van der Waals surface area contributed by atoms with Crippen LogP contribution in [0, 0.1) is 0 Å². The minimum absolute atomic E-state index is 0.162. The molecule has 18 heavy (non-hydrogen) atoms.